The minimum absolute atomic E-state index is 0.132. The molecule has 2 saturated heterocycles. The first-order chi connectivity index (χ1) is 17.1. The van der Waals surface area contributed by atoms with Crippen LogP contribution in [0.1, 0.15) is 49.3 Å². The molecule has 2 aliphatic heterocycles. The van der Waals surface area contributed by atoms with E-state index in [0.29, 0.717) is 44.8 Å². The molecule has 2 aromatic rings. The molecular weight excluding hydrogens is 474 g/mol. The van der Waals surface area contributed by atoms with E-state index in [-0.39, 0.29) is 22.6 Å². The van der Waals surface area contributed by atoms with E-state index in [1.807, 2.05) is 24.8 Å². The molecule has 2 aromatic carbocycles. The molecule has 0 aromatic heterocycles. The second-order valence-corrected chi connectivity index (χ2v) is 12.2. The Hall–Kier alpha value is -2.58. The van der Waals surface area contributed by atoms with Gasteiger partial charge in [0.05, 0.1) is 7.11 Å². The van der Waals surface area contributed by atoms with Crippen LogP contribution in [-0.4, -0.2) is 69.9 Å². The van der Waals surface area contributed by atoms with Gasteiger partial charge in [-0.3, -0.25) is 4.79 Å². The maximum Gasteiger partial charge on any atom is 0.246 e. The molecule has 1 amide bonds. The molecule has 0 atom stereocenters. The van der Waals surface area contributed by atoms with Crippen molar-refractivity contribution in [3.8, 4) is 5.75 Å². The first kappa shape index (κ1) is 26.5. The zero-order chi connectivity index (χ0) is 26.0. The summed E-state index contributed by atoms with van der Waals surface area (Å²) in [6, 6.07) is 11.7. The van der Waals surface area contributed by atoms with Gasteiger partial charge in [-0.1, -0.05) is 32.0 Å². The van der Waals surface area contributed by atoms with Gasteiger partial charge in [-0.05, 0) is 67.5 Å². The number of sulfonamides is 1. The molecule has 0 unspecified atom stereocenters. The third-order valence-electron chi connectivity index (χ3n) is 7.78. The zero-order valence-corrected chi connectivity index (χ0v) is 23.0. The maximum absolute atomic E-state index is 13.5. The molecule has 0 N–H and O–H groups in total. The van der Waals surface area contributed by atoms with Gasteiger partial charge >= 0.3 is 0 Å². The Bertz CT molecular complexity index is 1200. The van der Waals surface area contributed by atoms with Gasteiger partial charge < -0.3 is 14.5 Å². The number of ether oxygens (including phenoxy) is 1. The number of hydrogen-bond donors (Lipinski definition) is 0. The summed E-state index contributed by atoms with van der Waals surface area (Å²) in [6.45, 7) is 12.1. The summed E-state index contributed by atoms with van der Waals surface area (Å²) >= 11 is 0. The Kier molecular flexibility index (Phi) is 7.95. The third kappa shape index (κ3) is 5.25. The molecule has 7 nitrogen and oxygen atoms in total. The minimum Gasteiger partial charge on any atom is -0.495 e. The summed E-state index contributed by atoms with van der Waals surface area (Å²) in [5, 5.41) is 0. The highest BCUT2D eigenvalue weighted by Crippen LogP contribution is 2.33. The van der Waals surface area contributed by atoms with E-state index in [2.05, 4.69) is 36.9 Å². The lowest BCUT2D eigenvalue weighted by Crippen LogP contribution is -2.52. The van der Waals surface area contributed by atoms with Gasteiger partial charge in [0, 0.05) is 50.9 Å². The van der Waals surface area contributed by atoms with Crippen molar-refractivity contribution in [1.29, 1.82) is 0 Å². The van der Waals surface area contributed by atoms with Gasteiger partial charge in [-0.25, -0.2) is 8.42 Å². The molecule has 0 radical (unpaired) electrons. The standard InChI is InChI=1S/C28H39N3O4S/c1-20(2)24-9-10-26(35-5)27(19-24)36(33,34)31-13-11-23(12-14-31)28(32)30-17-15-29(16-18-30)25-8-6-7-21(3)22(25)4/h6-10,19-20,23H,11-18H2,1-5H3. The Balaban J connectivity index is 1.37. The summed E-state index contributed by atoms with van der Waals surface area (Å²) < 4.78 is 33.9. The fourth-order valence-electron chi connectivity index (χ4n) is 5.24. The van der Waals surface area contributed by atoms with Gasteiger partial charge in [0.2, 0.25) is 15.9 Å². The molecule has 0 saturated carbocycles. The predicted molar refractivity (Wildman–Crippen MR) is 143 cm³/mol. The molecule has 8 heteroatoms. The third-order valence-corrected chi connectivity index (χ3v) is 9.70. The van der Waals surface area contributed by atoms with Crippen LogP contribution in [0.5, 0.6) is 5.75 Å². The van der Waals surface area contributed by atoms with Crippen LogP contribution in [0.15, 0.2) is 41.3 Å². The number of nitrogens with zero attached hydrogens (tertiary/aromatic N) is 3. The van der Waals surface area contributed by atoms with Crippen LogP contribution in [0.2, 0.25) is 0 Å². The van der Waals surface area contributed by atoms with E-state index in [4.69, 9.17) is 4.74 Å². The lowest BCUT2D eigenvalue weighted by molar-refractivity contribution is -0.137. The van der Waals surface area contributed by atoms with E-state index in [1.165, 1.54) is 28.2 Å². The highest BCUT2D eigenvalue weighted by Gasteiger charge is 2.36. The van der Waals surface area contributed by atoms with Gasteiger partial charge in [-0.2, -0.15) is 4.31 Å². The molecular formula is C28H39N3O4S. The zero-order valence-electron chi connectivity index (χ0n) is 22.2. The van der Waals surface area contributed by atoms with Crippen molar-refractivity contribution in [2.45, 2.75) is 51.3 Å². The number of methoxy groups -OCH3 is 1. The van der Waals surface area contributed by atoms with E-state index < -0.39 is 10.0 Å². The monoisotopic (exact) mass is 513 g/mol. The predicted octanol–water partition coefficient (Wildman–Crippen LogP) is 4.18. The second kappa shape index (κ2) is 10.8. The molecule has 0 spiro atoms. The van der Waals surface area contributed by atoms with Crippen molar-refractivity contribution < 1.29 is 17.9 Å². The number of carbonyl (C=O) groups is 1. The van der Waals surface area contributed by atoms with Crippen LogP contribution in [0, 0.1) is 19.8 Å². The Morgan fingerprint density at radius 2 is 1.64 bits per heavy atom. The lowest BCUT2D eigenvalue weighted by atomic mass is 9.96. The molecule has 36 heavy (non-hydrogen) atoms. The summed E-state index contributed by atoms with van der Waals surface area (Å²) in [4.78, 5) is 17.8. The van der Waals surface area contributed by atoms with Crippen molar-refractivity contribution >= 4 is 21.6 Å². The smallest absolute Gasteiger partial charge is 0.246 e. The molecule has 196 valence electrons. The molecule has 0 aliphatic carbocycles. The van der Waals surface area contributed by atoms with E-state index in [1.54, 1.807) is 12.1 Å². The number of hydrogen-bond acceptors (Lipinski definition) is 5. The fourth-order valence-corrected chi connectivity index (χ4v) is 6.90. The number of piperidine rings is 1. The first-order valence-corrected chi connectivity index (χ1v) is 14.4. The number of anilines is 1. The molecule has 2 aliphatic rings. The maximum atomic E-state index is 13.5. The number of benzene rings is 2. The first-order valence-electron chi connectivity index (χ1n) is 12.9. The van der Waals surface area contributed by atoms with Crippen LogP contribution < -0.4 is 9.64 Å². The minimum atomic E-state index is -3.70. The van der Waals surface area contributed by atoms with Gasteiger partial charge in [0.15, 0.2) is 0 Å². The summed E-state index contributed by atoms with van der Waals surface area (Å²) in [7, 11) is -2.21. The number of carbonyl (C=O) groups excluding carboxylic acids is 1. The number of piperazine rings is 1. The Labute approximate surface area is 216 Å². The van der Waals surface area contributed by atoms with Crippen molar-refractivity contribution in [3.05, 3.63) is 53.1 Å². The normalized spacial score (nSPS) is 18.1. The van der Waals surface area contributed by atoms with Crippen LogP contribution in [-0.2, 0) is 14.8 Å². The van der Waals surface area contributed by atoms with Crippen molar-refractivity contribution in [2.24, 2.45) is 5.92 Å². The van der Waals surface area contributed by atoms with Crippen molar-refractivity contribution in [3.63, 3.8) is 0 Å². The fraction of sp³-hybridized carbons (Fsp3) is 0.536. The quantitative estimate of drug-likeness (QED) is 0.580. The molecule has 4 rings (SSSR count). The Morgan fingerprint density at radius 1 is 0.972 bits per heavy atom. The Morgan fingerprint density at radius 3 is 2.25 bits per heavy atom. The highest BCUT2D eigenvalue weighted by atomic mass is 32.2. The summed E-state index contributed by atoms with van der Waals surface area (Å²) in [5.41, 5.74) is 4.78. The number of amides is 1. The van der Waals surface area contributed by atoms with E-state index in [0.717, 1.165) is 18.7 Å². The van der Waals surface area contributed by atoms with Crippen molar-refractivity contribution in [1.82, 2.24) is 9.21 Å². The summed E-state index contributed by atoms with van der Waals surface area (Å²) in [6.07, 6.45) is 1.09. The second-order valence-electron chi connectivity index (χ2n) is 10.3. The lowest BCUT2D eigenvalue weighted by Gasteiger charge is -2.39. The number of aryl methyl sites for hydroxylation is 1. The van der Waals surface area contributed by atoms with Crippen LogP contribution in [0.4, 0.5) is 5.69 Å². The van der Waals surface area contributed by atoms with E-state index in [9.17, 15) is 13.2 Å². The molecule has 2 heterocycles. The SMILES string of the molecule is COc1ccc(C(C)C)cc1S(=O)(=O)N1CCC(C(=O)N2CCN(c3cccc(C)c3C)CC2)CC1. The topological polar surface area (TPSA) is 70.2 Å². The van der Waals surface area contributed by atoms with Crippen LogP contribution in [0.25, 0.3) is 0 Å². The van der Waals surface area contributed by atoms with Gasteiger partial charge in [0.25, 0.3) is 0 Å². The largest absolute Gasteiger partial charge is 0.495 e. The molecule has 2 fully saturated rings. The van der Waals surface area contributed by atoms with Crippen LogP contribution in [0.3, 0.4) is 0 Å². The van der Waals surface area contributed by atoms with Gasteiger partial charge in [-0.15, -0.1) is 0 Å². The summed E-state index contributed by atoms with van der Waals surface area (Å²) in [5.74, 6) is 0.600. The molecule has 0 bridgehead atoms. The van der Waals surface area contributed by atoms with Crippen LogP contribution >= 0.6 is 0 Å². The number of rotatable bonds is 6. The average molecular weight is 514 g/mol. The highest BCUT2D eigenvalue weighted by molar-refractivity contribution is 7.89. The van der Waals surface area contributed by atoms with Crippen molar-refractivity contribution in [2.75, 3.05) is 51.3 Å². The van der Waals surface area contributed by atoms with Gasteiger partial charge in [0.1, 0.15) is 10.6 Å². The van der Waals surface area contributed by atoms with E-state index >= 15 is 0 Å². The average Bonchev–Trinajstić information content (AvgIpc) is 2.89.